The molecule has 8 heteroatoms. The first-order valence-corrected chi connectivity index (χ1v) is 9.24. The summed E-state index contributed by atoms with van der Waals surface area (Å²) in [6, 6.07) is 12.3. The molecule has 1 saturated heterocycles. The summed E-state index contributed by atoms with van der Waals surface area (Å²) in [6.07, 6.45) is 0. The first kappa shape index (κ1) is 19.4. The Labute approximate surface area is 168 Å². The molecular formula is C19H20ClN3O3S. The molecule has 1 heterocycles. The molecule has 27 heavy (non-hydrogen) atoms. The zero-order chi connectivity index (χ0) is 19.2. The van der Waals surface area contributed by atoms with E-state index in [4.69, 9.17) is 33.3 Å². The number of amides is 1. The van der Waals surface area contributed by atoms with Crippen molar-refractivity contribution >= 4 is 46.2 Å². The molecule has 2 aromatic rings. The number of benzene rings is 2. The summed E-state index contributed by atoms with van der Waals surface area (Å²) >= 11 is 11.7. The second-order valence-electron chi connectivity index (χ2n) is 5.87. The number of halogens is 1. The van der Waals surface area contributed by atoms with Gasteiger partial charge in [-0.25, -0.2) is 0 Å². The van der Waals surface area contributed by atoms with E-state index < -0.39 is 0 Å². The van der Waals surface area contributed by atoms with Crippen LogP contribution >= 0.6 is 23.8 Å². The predicted octanol–water partition coefficient (Wildman–Crippen LogP) is 3.31. The Kier molecular flexibility index (Phi) is 6.49. The van der Waals surface area contributed by atoms with Gasteiger partial charge in [0.05, 0.1) is 36.7 Å². The maximum Gasteiger partial charge on any atom is 0.257 e. The number of hydrogen-bond acceptors (Lipinski definition) is 5. The lowest BCUT2D eigenvalue weighted by Crippen LogP contribution is -2.38. The van der Waals surface area contributed by atoms with Gasteiger partial charge in [-0.15, -0.1) is 0 Å². The van der Waals surface area contributed by atoms with Crippen LogP contribution in [0.1, 0.15) is 10.4 Å². The van der Waals surface area contributed by atoms with Gasteiger partial charge >= 0.3 is 0 Å². The van der Waals surface area contributed by atoms with Crippen LogP contribution in [0.4, 0.5) is 11.4 Å². The number of ether oxygens (including phenoxy) is 2. The fourth-order valence-electron chi connectivity index (χ4n) is 2.80. The average molecular weight is 406 g/mol. The van der Waals surface area contributed by atoms with Crippen LogP contribution < -0.4 is 20.3 Å². The van der Waals surface area contributed by atoms with Crippen molar-refractivity contribution in [1.82, 2.24) is 5.32 Å². The minimum atomic E-state index is -0.301. The molecule has 1 aliphatic rings. The number of methoxy groups -OCH3 is 1. The Morgan fingerprint density at radius 2 is 1.89 bits per heavy atom. The first-order chi connectivity index (χ1) is 13.1. The Balaban J connectivity index is 1.70. The number of carbonyl (C=O) groups excluding carboxylic acids is 1. The molecule has 1 fully saturated rings. The lowest BCUT2D eigenvalue weighted by atomic mass is 10.2. The zero-order valence-electron chi connectivity index (χ0n) is 14.8. The number of morpholine rings is 1. The van der Waals surface area contributed by atoms with E-state index in [9.17, 15) is 4.79 Å². The number of thiocarbonyl (C=S) groups is 1. The lowest BCUT2D eigenvalue weighted by molar-refractivity contribution is 0.0977. The number of nitrogens with zero attached hydrogens (tertiary/aromatic N) is 1. The van der Waals surface area contributed by atoms with Gasteiger partial charge in [0.2, 0.25) is 0 Å². The van der Waals surface area contributed by atoms with Crippen molar-refractivity contribution in [3.8, 4) is 5.75 Å². The zero-order valence-corrected chi connectivity index (χ0v) is 16.4. The van der Waals surface area contributed by atoms with Crippen LogP contribution in [-0.4, -0.2) is 44.4 Å². The Morgan fingerprint density at radius 1 is 1.19 bits per heavy atom. The van der Waals surface area contributed by atoms with Gasteiger partial charge in [0.25, 0.3) is 5.91 Å². The largest absolute Gasteiger partial charge is 0.497 e. The van der Waals surface area contributed by atoms with Crippen LogP contribution in [0.3, 0.4) is 0 Å². The smallest absolute Gasteiger partial charge is 0.257 e. The third-order valence-corrected chi connectivity index (χ3v) is 4.65. The number of carbonyl (C=O) groups is 1. The minimum absolute atomic E-state index is 0.201. The molecule has 0 bridgehead atoms. The summed E-state index contributed by atoms with van der Waals surface area (Å²) in [5.74, 6) is 0.381. The van der Waals surface area contributed by atoms with Crippen LogP contribution in [0.15, 0.2) is 42.5 Å². The molecule has 0 atom stereocenters. The second-order valence-corrected chi connectivity index (χ2v) is 6.69. The van der Waals surface area contributed by atoms with Crippen molar-refractivity contribution in [3.63, 3.8) is 0 Å². The van der Waals surface area contributed by atoms with Crippen molar-refractivity contribution in [2.45, 2.75) is 0 Å². The summed E-state index contributed by atoms with van der Waals surface area (Å²) in [5, 5.41) is 6.58. The van der Waals surface area contributed by atoms with Crippen molar-refractivity contribution in [3.05, 3.63) is 53.1 Å². The van der Waals surface area contributed by atoms with Crippen molar-refractivity contribution in [2.24, 2.45) is 0 Å². The van der Waals surface area contributed by atoms with Gasteiger partial charge in [-0.05, 0) is 48.6 Å². The van der Waals surface area contributed by atoms with Gasteiger partial charge in [0.1, 0.15) is 5.75 Å². The topological polar surface area (TPSA) is 62.8 Å². The number of hydrogen-bond donors (Lipinski definition) is 2. The minimum Gasteiger partial charge on any atom is -0.497 e. The molecule has 2 N–H and O–H groups in total. The van der Waals surface area contributed by atoms with E-state index in [1.165, 1.54) is 0 Å². The maximum absolute atomic E-state index is 12.4. The molecule has 0 aromatic heterocycles. The number of anilines is 2. The summed E-state index contributed by atoms with van der Waals surface area (Å²) in [4.78, 5) is 14.5. The van der Waals surface area contributed by atoms with Crippen LogP contribution in [0.25, 0.3) is 0 Å². The molecular weight excluding hydrogens is 386 g/mol. The quantitative estimate of drug-likeness (QED) is 0.761. The Morgan fingerprint density at radius 3 is 2.56 bits per heavy atom. The molecule has 1 amide bonds. The fraction of sp³-hybridized carbons (Fsp3) is 0.263. The molecule has 0 saturated carbocycles. The highest BCUT2D eigenvalue weighted by Crippen LogP contribution is 2.34. The van der Waals surface area contributed by atoms with Crippen LogP contribution in [0.5, 0.6) is 5.75 Å². The van der Waals surface area contributed by atoms with Gasteiger partial charge < -0.3 is 19.7 Å². The predicted molar refractivity (Wildman–Crippen MR) is 111 cm³/mol. The molecule has 0 aliphatic carbocycles. The normalized spacial score (nSPS) is 13.8. The van der Waals surface area contributed by atoms with E-state index in [-0.39, 0.29) is 11.0 Å². The van der Waals surface area contributed by atoms with E-state index in [2.05, 4.69) is 15.5 Å². The molecule has 1 aliphatic heterocycles. The van der Waals surface area contributed by atoms with Gasteiger partial charge in [-0.3, -0.25) is 10.1 Å². The fourth-order valence-corrected chi connectivity index (χ4v) is 3.29. The Hall–Kier alpha value is -2.35. The van der Waals surface area contributed by atoms with Crippen molar-refractivity contribution in [2.75, 3.05) is 43.6 Å². The highest BCUT2D eigenvalue weighted by Gasteiger charge is 2.19. The number of para-hydroxylation sites is 1. The average Bonchev–Trinajstić information content (AvgIpc) is 2.68. The summed E-state index contributed by atoms with van der Waals surface area (Å²) in [6.45, 7) is 2.76. The monoisotopic (exact) mass is 405 g/mol. The molecule has 0 spiro atoms. The van der Waals surface area contributed by atoms with E-state index >= 15 is 0 Å². The SMILES string of the molecule is COc1ccc(C(=O)NC(=S)Nc2cccc(Cl)c2N2CCOCC2)cc1. The van der Waals surface area contributed by atoms with E-state index in [0.29, 0.717) is 29.5 Å². The first-order valence-electron chi connectivity index (χ1n) is 8.46. The highest BCUT2D eigenvalue weighted by atomic mass is 35.5. The van der Waals surface area contributed by atoms with Gasteiger partial charge in [-0.1, -0.05) is 17.7 Å². The number of rotatable bonds is 4. The van der Waals surface area contributed by atoms with Gasteiger partial charge in [0.15, 0.2) is 5.11 Å². The van der Waals surface area contributed by atoms with Crippen LogP contribution in [-0.2, 0) is 4.74 Å². The standard InChI is InChI=1S/C19H20ClN3O3S/c1-25-14-7-5-13(6-8-14)18(24)22-19(27)21-16-4-2-3-15(20)17(16)23-9-11-26-12-10-23/h2-8H,9-12H2,1H3,(H2,21,22,24,27). The molecule has 2 aromatic carbocycles. The van der Waals surface area contributed by atoms with E-state index in [1.807, 2.05) is 18.2 Å². The van der Waals surface area contributed by atoms with Crippen LogP contribution in [0.2, 0.25) is 5.02 Å². The third-order valence-electron chi connectivity index (χ3n) is 4.14. The molecule has 0 unspecified atom stereocenters. The van der Waals surface area contributed by atoms with E-state index in [0.717, 1.165) is 24.5 Å². The third kappa shape index (κ3) is 4.88. The van der Waals surface area contributed by atoms with Crippen LogP contribution in [0, 0.1) is 0 Å². The molecule has 142 valence electrons. The molecule has 3 rings (SSSR count). The number of nitrogens with one attached hydrogen (secondary N) is 2. The molecule has 6 nitrogen and oxygen atoms in total. The van der Waals surface area contributed by atoms with Gasteiger partial charge in [-0.2, -0.15) is 0 Å². The van der Waals surface area contributed by atoms with Crippen molar-refractivity contribution in [1.29, 1.82) is 0 Å². The lowest BCUT2D eigenvalue weighted by Gasteiger charge is -2.31. The van der Waals surface area contributed by atoms with Gasteiger partial charge in [0, 0.05) is 18.7 Å². The highest BCUT2D eigenvalue weighted by molar-refractivity contribution is 7.80. The Bertz CT molecular complexity index is 823. The maximum atomic E-state index is 12.4. The summed E-state index contributed by atoms with van der Waals surface area (Å²) in [7, 11) is 1.57. The molecule has 0 radical (unpaired) electrons. The summed E-state index contributed by atoms with van der Waals surface area (Å²) < 4.78 is 10.5. The summed E-state index contributed by atoms with van der Waals surface area (Å²) in [5.41, 5.74) is 2.08. The second kappa shape index (κ2) is 9.03. The van der Waals surface area contributed by atoms with Crippen molar-refractivity contribution < 1.29 is 14.3 Å². The van der Waals surface area contributed by atoms with E-state index in [1.54, 1.807) is 31.4 Å².